The van der Waals surface area contributed by atoms with Crippen LogP contribution in [0.4, 0.5) is 11.4 Å². The average Bonchev–Trinajstić information content (AvgIpc) is 3.20. The monoisotopic (exact) mass is 890 g/mol. The number of hydrogen-bond acceptors (Lipinski definition) is 10. The molecule has 0 radical (unpaired) electrons. The van der Waals surface area contributed by atoms with E-state index in [0.717, 1.165) is 34.8 Å². The highest BCUT2D eigenvalue weighted by Crippen LogP contribution is 2.30. The van der Waals surface area contributed by atoms with E-state index in [1.165, 1.54) is 60.6 Å². The van der Waals surface area contributed by atoms with Gasteiger partial charge in [0.05, 0.1) is 21.3 Å². The van der Waals surface area contributed by atoms with Gasteiger partial charge in [-0.1, -0.05) is 75.7 Å². The number of anilines is 2. The number of piperidine rings is 2. The van der Waals surface area contributed by atoms with Crippen LogP contribution >= 0.6 is 48.0 Å². The largest absolute Gasteiger partial charge is 0.457 e. The Labute approximate surface area is 367 Å². The fourth-order valence-electron chi connectivity index (χ4n) is 7.45. The first kappa shape index (κ1) is 44.4. The van der Waals surface area contributed by atoms with Gasteiger partial charge in [0.25, 0.3) is 0 Å². The van der Waals surface area contributed by atoms with Gasteiger partial charge < -0.3 is 29.9 Å². The predicted molar refractivity (Wildman–Crippen MR) is 248 cm³/mol. The third kappa shape index (κ3) is 12.9. The molecule has 10 nitrogen and oxygen atoms in total. The van der Waals surface area contributed by atoms with Crippen LogP contribution in [0.5, 0.6) is 23.0 Å². The summed E-state index contributed by atoms with van der Waals surface area (Å²) in [7, 11) is -3.81. The number of carbonyl (C=O) groups is 2. The van der Waals surface area contributed by atoms with Gasteiger partial charge in [-0.05, 0) is 134 Å². The molecule has 4 aromatic carbocycles. The first-order chi connectivity index (χ1) is 28.2. The number of thioether (sulfide) groups is 2. The molecule has 0 aromatic heterocycles. The van der Waals surface area contributed by atoms with Crippen molar-refractivity contribution in [3.63, 3.8) is 0 Å². The topological polar surface area (TPSA) is 117 Å². The fourth-order valence-corrected chi connectivity index (χ4v) is 10.7. The number of thiocarbonyl (C=S) groups is 2. The van der Waals surface area contributed by atoms with Gasteiger partial charge in [0.2, 0.25) is 21.7 Å². The van der Waals surface area contributed by atoms with Crippen LogP contribution < -0.4 is 20.1 Å². The molecule has 2 aliphatic rings. The molecule has 2 aliphatic heterocycles. The maximum Gasteiger partial charge on any atom is 0.234 e. The van der Waals surface area contributed by atoms with E-state index in [1.807, 2.05) is 0 Å². The highest BCUT2D eigenvalue weighted by atomic mass is 32.2. The van der Waals surface area contributed by atoms with Gasteiger partial charge in [-0.25, -0.2) is 8.42 Å². The second-order valence-corrected chi connectivity index (χ2v) is 20.8. The Morgan fingerprint density at radius 1 is 0.559 bits per heavy atom. The first-order valence-electron chi connectivity index (χ1n) is 19.6. The number of hydrogen-bond donors (Lipinski definition) is 2. The zero-order chi connectivity index (χ0) is 42.1. The summed E-state index contributed by atoms with van der Waals surface area (Å²) in [6, 6.07) is 26.3. The lowest BCUT2D eigenvalue weighted by Gasteiger charge is -2.36. The fraction of sp³-hybridized carbons (Fsp3) is 0.364. The lowest BCUT2D eigenvalue weighted by molar-refractivity contribution is -0.114. The molecule has 59 heavy (non-hydrogen) atoms. The van der Waals surface area contributed by atoms with Crippen LogP contribution in [0.15, 0.2) is 107 Å². The normalized spacial score (nSPS) is 19.4. The summed E-state index contributed by atoms with van der Waals surface area (Å²) in [4.78, 5) is 29.9. The van der Waals surface area contributed by atoms with E-state index in [4.69, 9.17) is 33.9 Å². The van der Waals surface area contributed by atoms with Crippen molar-refractivity contribution in [1.29, 1.82) is 0 Å². The average molecular weight is 891 g/mol. The highest BCUT2D eigenvalue weighted by Gasteiger charge is 2.25. The molecule has 6 rings (SSSR count). The molecule has 2 heterocycles. The maximum absolute atomic E-state index is 13.4. The number of rotatable bonds is 12. The van der Waals surface area contributed by atoms with E-state index >= 15 is 0 Å². The van der Waals surface area contributed by atoms with Crippen molar-refractivity contribution >= 4 is 89.6 Å². The second kappa shape index (κ2) is 20.4. The maximum atomic E-state index is 13.4. The third-order valence-corrected chi connectivity index (χ3v) is 14.8. The van der Waals surface area contributed by atoms with Crippen LogP contribution in [0.1, 0.15) is 40.5 Å². The summed E-state index contributed by atoms with van der Waals surface area (Å²) in [6.45, 7) is 12.7. The second-order valence-electron chi connectivity index (χ2n) is 15.6. The third-order valence-electron chi connectivity index (χ3n) is 9.92. The molecular weight excluding hydrogens is 841 g/mol. The number of benzene rings is 4. The molecule has 2 N–H and O–H groups in total. The van der Waals surface area contributed by atoms with Gasteiger partial charge in [-0.3, -0.25) is 9.59 Å². The lowest BCUT2D eigenvalue weighted by Crippen LogP contribution is -2.41. The smallest absolute Gasteiger partial charge is 0.234 e. The number of sulfone groups is 1. The number of likely N-dealkylation sites (tertiary alicyclic amines) is 2. The van der Waals surface area contributed by atoms with Crippen LogP contribution in [-0.2, 0) is 19.4 Å². The Kier molecular flexibility index (Phi) is 15.4. The van der Waals surface area contributed by atoms with Crippen molar-refractivity contribution in [3.8, 4) is 23.0 Å². The summed E-state index contributed by atoms with van der Waals surface area (Å²) in [6.07, 6.45) is 2.39. The van der Waals surface area contributed by atoms with E-state index in [1.54, 1.807) is 72.8 Å². The first-order valence-corrected chi connectivity index (χ1v) is 23.9. The molecular formula is C44H50N4O6S5. The van der Waals surface area contributed by atoms with Gasteiger partial charge in [0, 0.05) is 37.6 Å². The van der Waals surface area contributed by atoms with E-state index in [0.29, 0.717) is 58.0 Å². The Bertz CT molecular complexity index is 2030. The Hall–Kier alpha value is -4.15. The molecule has 0 bridgehead atoms. The molecule has 0 saturated carbocycles. The number of ether oxygens (including phenoxy) is 2. The Balaban J connectivity index is 0.937. The molecule has 2 amide bonds. The van der Waals surface area contributed by atoms with Crippen molar-refractivity contribution < 1.29 is 27.5 Å². The minimum absolute atomic E-state index is 0.117. The summed E-state index contributed by atoms with van der Waals surface area (Å²) in [5.74, 6) is 4.52. The molecule has 2 fully saturated rings. The van der Waals surface area contributed by atoms with Crippen LogP contribution in [0, 0.1) is 23.7 Å². The van der Waals surface area contributed by atoms with Crippen molar-refractivity contribution in [2.24, 2.45) is 23.7 Å². The van der Waals surface area contributed by atoms with Crippen LogP contribution in [-0.4, -0.2) is 76.4 Å². The van der Waals surface area contributed by atoms with E-state index in [2.05, 4.69) is 48.1 Å². The molecule has 4 atom stereocenters. The molecule has 0 spiro atoms. The van der Waals surface area contributed by atoms with Crippen molar-refractivity contribution in [2.45, 2.75) is 50.3 Å². The minimum atomic E-state index is -3.81. The highest BCUT2D eigenvalue weighted by molar-refractivity contribution is 8.23. The standard InChI is InChI=1S/C44H50N4O6S5/c1-29-21-30(2)24-47(23-29)43(55)57-27-41(49)45-33-5-9-35(10-6-33)53-37-13-17-39(18-14-37)59(51,52)40-19-15-38(16-20-40)54-36-11-7-34(8-12-36)46-42(50)28-58-44(56)48-25-31(3)22-32(4)26-48/h5-20,29-32H,21-28H2,1-4H3,(H,45,49)(H,46,50)/t29-,30-,31-,32-/m1/s1. The van der Waals surface area contributed by atoms with Gasteiger partial charge in [0.15, 0.2) is 0 Å². The SMILES string of the molecule is C[C@@H]1C[C@@H](C)CN(C(=S)SCC(=O)Nc2ccc(Oc3ccc(S(=O)(=O)c4ccc(Oc5ccc(NC(=O)CSC(=S)N6C[C@H](C)C[C@@H](C)C6)cc5)cc4)cc3)cc2)C1. The van der Waals surface area contributed by atoms with Gasteiger partial charge in [0.1, 0.15) is 31.6 Å². The molecule has 2 saturated heterocycles. The molecule has 4 aromatic rings. The summed E-state index contributed by atoms with van der Waals surface area (Å²) >= 11 is 14.0. The van der Waals surface area contributed by atoms with Crippen molar-refractivity contribution in [2.75, 3.05) is 48.3 Å². The van der Waals surface area contributed by atoms with Crippen molar-refractivity contribution in [3.05, 3.63) is 97.1 Å². The summed E-state index contributed by atoms with van der Waals surface area (Å²) in [5, 5.41) is 5.80. The van der Waals surface area contributed by atoms with Gasteiger partial charge in [-0.2, -0.15) is 0 Å². The predicted octanol–water partition coefficient (Wildman–Crippen LogP) is 9.97. The van der Waals surface area contributed by atoms with E-state index in [9.17, 15) is 18.0 Å². The number of amides is 2. The van der Waals surface area contributed by atoms with Crippen LogP contribution in [0.3, 0.4) is 0 Å². The van der Waals surface area contributed by atoms with E-state index < -0.39 is 9.84 Å². The van der Waals surface area contributed by atoms with Gasteiger partial charge >= 0.3 is 0 Å². The van der Waals surface area contributed by atoms with Crippen molar-refractivity contribution in [1.82, 2.24) is 9.80 Å². The summed E-state index contributed by atoms with van der Waals surface area (Å²) in [5.41, 5.74) is 1.27. The number of nitrogens with zero attached hydrogens (tertiary/aromatic N) is 2. The minimum Gasteiger partial charge on any atom is -0.457 e. The quantitative estimate of drug-likeness (QED) is 0.132. The molecule has 0 unspecified atom stereocenters. The van der Waals surface area contributed by atoms with E-state index in [-0.39, 0.29) is 33.1 Å². The lowest BCUT2D eigenvalue weighted by atomic mass is 9.92. The number of carbonyl (C=O) groups excluding carboxylic acids is 2. The molecule has 0 aliphatic carbocycles. The molecule has 15 heteroatoms. The summed E-state index contributed by atoms with van der Waals surface area (Å²) < 4.78 is 40.3. The van der Waals surface area contributed by atoms with Crippen LogP contribution in [0.25, 0.3) is 0 Å². The molecule has 312 valence electrons. The zero-order valence-electron chi connectivity index (χ0n) is 33.6. The van der Waals surface area contributed by atoms with Crippen LogP contribution in [0.2, 0.25) is 0 Å². The number of nitrogens with one attached hydrogen (secondary N) is 2. The Morgan fingerprint density at radius 3 is 1.15 bits per heavy atom. The van der Waals surface area contributed by atoms with Gasteiger partial charge in [-0.15, -0.1) is 0 Å². The Morgan fingerprint density at radius 2 is 0.847 bits per heavy atom. The zero-order valence-corrected chi connectivity index (χ0v) is 37.7.